The van der Waals surface area contributed by atoms with E-state index in [0.29, 0.717) is 0 Å². The molecule has 0 bridgehead atoms. The lowest BCUT2D eigenvalue weighted by Gasteiger charge is -2.34. The van der Waals surface area contributed by atoms with Crippen LogP contribution < -0.4 is 10.2 Å². The van der Waals surface area contributed by atoms with E-state index in [2.05, 4.69) is 89.9 Å². The van der Waals surface area contributed by atoms with Crippen LogP contribution in [0.3, 0.4) is 0 Å². The summed E-state index contributed by atoms with van der Waals surface area (Å²) in [5.41, 5.74) is 5.18. The second kappa shape index (κ2) is 8.44. The van der Waals surface area contributed by atoms with Crippen LogP contribution in [0.2, 0.25) is 0 Å². The number of carbonyl (C=O) groups is 1. The number of para-hydroxylation sites is 1. The number of fused-ring (bicyclic) bond motifs is 1. The van der Waals surface area contributed by atoms with Gasteiger partial charge in [-0.25, -0.2) is 0 Å². The molecular formula is C28H31N3O. The van der Waals surface area contributed by atoms with Gasteiger partial charge in [0.2, 0.25) is 5.91 Å². The minimum Gasteiger partial charge on any atom is -0.378 e. The largest absolute Gasteiger partial charge is 0.378 e. The van der Waals surface area contributed by atoms with Gasteiger partial charge in [-0.3, -0.25) is 4.79 Å². The van der Waals surface area contributed by atoms with Gasteiger partial charge in [0.15, 0.2) is 0 Å². The van der Waals surface area contributed by atoms with Gasteiger partial charge < -0.3 is 15.1 Å². The van der Waals surface area contributed by atoms with E-state index in [1.165, 1.54) is 11.3 Å². The smallest absolute Gasteiger partial charge is 0.239 e. The lowest BCUT2D eigenvalue weighted by molar-refractivity contribution is -0.121. The first kappa shape index (κ1) is 20.8. The summed E-state index contributed by atoms with van der Waals surface area (Å²) in [6, 6.07) is 27.4. The van der Waals surface area contributed by atoms with E-state index >= 15 is 0 Å². The number of nitrogens with zero attached hydrogens (tertiary/aromatic N) is 2. The van der Waals surface area contributed by atoms with E-state index in [-0.39, 0.29) is 11.8 Å². The van der Waals surface area contributed by atoms with Crippen LogP contribution in [0.5, 0.6) is 0 Å². The molecule has 0 spiro atoms. The fraction of sp³-hybridized carbons (Fsp3) is 0.321. The maximum absolute atomic E-state index is 13.6. The zero-order chi connectivity index (χ0) is 22.1. The van der Waals surface area contributed by atoms with Gasteiger partial charge in [-0.2, -0.15) is 0 Å². The Morgan fingerprint density at radius 3 is 2.59 bits per heavy atom. The normalized spacial score (nSPS) is 22.6. The van der Waals surface area contributed by atoms with Crippen molar-refractivity contribution in [2.75, 3.05) is 43.9 Å². The number of nitrogens with one attached hydrogen (secondary N) is 1. The van der Waals surface area contributed by atoms with Crippen LogP contribution in [0, 0.1) is 5.92 Å². The van der Waals surface area contributed by atoms with Crippen molar-refractivity contribution in [2.45, 2.75) is 18.3 Å². The lowest BCUT2D eigenvalue weighted by Crippen LogP contribution is -2.44. The predicted molar refractivity (Wildman–Crippen MR) is 131 cm³/mol. The highest BCUT2D eigenvalue weighted by Gasteiger charge is 2.54. The van der Waals surface area contributed by atoms with Crippen molar-refractivity contribution in [2.24, 2.45) is 5.92 Å². The summed E-state index contributed by atoms with van der Waals surface area (Å²) in [5, 5.41) is 3.19. The van der Waals surface area contributed by atoms with Crippen molar-refractivity contribution in [1.29, 1.82) is 0 Å². The van der Waals surface area contributed by atoms with Gasteiger partial charge >= 0.3 is 0 Å². The Balaban J connectivity index is 1.40. The Hall–Kier alpha value is -3.11. The average molecular weight is 426 g/mol. The van der Waals surface area contributed by atoms with Gasteiger partial charge in [0.25, 0.3) is 0 Å². The van der Waals surface area contributed by atoms with Gasteiger partial charge in [-0.05, 0) is 60.2 Å². The second-order valence-corrected chi connectivity index (χ2v) is 9.27. The Labute approximate surface area is 190 Å². The standard InChI is InChI=1S/C28H31N3O/c1-30(2)24-12-8-9-21(19-24)15-17-31-18-16-23(20-31)28(22-10-4-3-5-11-22)25-13-6-7-14-26(25)29-27(28)32/h3-14,19,23H,15-18,20H2,1-2H3,(H,29,32)/t23-,28?/m1/s1. The molecule has 2 aliphatic heterocycles. The Morgan fingerprint density at radius 1 is 1.00 bits per heavy atom. The van der Waals surface area contributed by atoms with Crippen LogP contribution >= 0.6 is 0 Å². The SMILES string of the molecule is CN(C)c1cccc(CCN2CC[C@@H](C3(c4ccccc4)C(=O)Nc4ccccc43)C2)c1. The quantitative estimate of drug-likeness (QED) is 0.629. The number of rotatable bonds is 6. The van der Waals surface area contributed by atoms with Crippen molar-refractivity contribution < 1.29 is 4.79 Å². The third-order valence-electron chi connectivity index (χ3n) is 7.22. The van der Waals surface area contributed by atoms with E-state index in [9.17, 15) is 4.79 Å². The maximum Gasteiger partial charge on any atom is 0.239 e. The number of benzene rings is 3. The summed E-state index contributed by atoms with van der Waals surface area (Å²) in [5.74, 6) is 0.372. The van der Waals surface area contributed by atoms with E-state index in [4.69, 9.17) is 0 Å². The van der Waals surface area contributed by atoms with Crippen LogP contribution in [0.15, 0.2) is 78.9 Å². The van der Waals surface area contributed by atoms with E-state index in [1.807, 2.05) is 18.2 Å². The molecule has 1 unspecified atom stereocenters. The van der Waals surface area contributed by atoms with Crippen molar-refractivity contribution in [1.82, 2.24) is 4.90 Å². The molecule has 3 aromatic carbocycles. The summed E-state index contributed by atoms with van der Waals surface area (Å²) in [6.07, 6.45) is 2.05. The number of amides is 1. The first-order valence-corrected chi connectivity index (χ1v) is 11.5. The molecule has 2 atom stereocenters. The van der Waals surface area contributed by atoms with Gasteiger partial charge in [0, 0.05) is 38.6 Å². The minimum absolute atomic E-state index is 0.121. The molecule has 32 heavy (non-hydrogen) atoms. The molecule has 4 heteroatoms. The van der Waals surface area contributed by atoms with Crippen LogP contribution in [-0.2, 0) is 16.6 Å². The molecule has 2 aliphatic rings. The van der Waals surface area contributed by atoms with Gasteiger partial charge in [0.1, 0.15) is 5.41 Å². The summed E-state index contributed by atoms with van der Waals surface area (Å²) >= 11 is 0. The van der Waals surface area contributed by atoms with E-state index in [0.717, 1.165) is 49.3 Å². The summed E-state index contributed by atoms with van der Waals surface area (Å²) in [4.78, 5) is 18.3. The zero-order valence-electron chi connectivity index (χ0n) is 18.9. The molecule has 3 aromatic rings. The lowest BCUT2D eigenvalue weighted by atomic mass is 9.66. The Kier molecular flexibility index (Phi) is 5.48. The van der Waals surface area contributed by atoms with Gasteiger partial charge in [0.05, 0.1) is 0 Å². The Morgan fingerprint density at radius 2 is 1.78 bits per heavy atom. The molecule has 0 aliphatic carbocycles. The molecule has 164 valence electrons. The molecule has 1 saturated heterocycles. The first-order valence-electron chi connectivity index (χ1n) is 11.5. The van der Waals surface area contributed by atoms with Crippen molar-refractivity contribution >= 4 is 17.3 Å². The number of carbonyl (C=O) groups excluding carboxylic acids is 1. The fourth-order valence-electron chi connectivity index (χ4n) is 5.57. The zero-order valence-corrected chi connectivity index (χ0v) is 18.9. The predicted octanol–water partition coefficient (Wildman–Crippen LogP) is 4.56. The molecule has 1 amide bonds. The molecule has 0 saturated carbocycles. The average Bonchev–Trinajstić information content (AvgIpc) is 3.40. The van der Waals surface area contributed by atoms with Crippen LogP contribution in [0.25, 0.3) is 0 Å². The highest BCUT2D eigenvalue weighted by molar-refractivity contribution is 6.09. The van der Waals surface area contributed by atoms with Crippen molar-refractivity contribution in [3.05, 3.63) is 95.6 Å². The number of anilines is 2. The summed E-state index contributed by atoms with van der Waals surface area (Å²) < 4.78 is 0. The third-order valence-corrected chi connectivity index (χ3v) is 7.22. The molecule has 0 radical (unpaired) electrons. The van der Waals surface area contributed by atoms with Crippen LogP contribution in [-0.4, -0.2) is 44.5 Å². The topological polar surface area (TPSA) is 35.6 Å². The van der Waals surface area contributed by atoms with Crippen molar-refractivity contribution in [3.63, 3.8) is 0 Å². The molecule has 1 N–H and O–H groups in total. The molecule has 1 fully saturated rings. The highest BCUT2D eigenvalue weighted by atomic mass is 16.2. The highest BCUT2D eigenvalue weighted by Crippen LogP contribution is 2.50. The molecular weight excluding hydrogens is 394 g/mol. The van der Waals surface area contributed by atoms with E-state index in [1.54, 1.807) is 0 Å². The van der Waals surface area contributed by atoms with Gasteiger partial charge in [-0.15, -0.1) is 0 Å². The molecule has 4 nitrogen and oxygen atoms in total. The first-order chi connectivity index (χ1) is 15.6. The molecule has 0 aromatic heterocycles. The van der Waals surface area contributed by atoms with Gasteiger partial charge in [-0.1, -0.05) is 60.7 Å². The van der Waals surface area contributed by atoms with Crippen molar-refractivity contribution in [3.8, 4) is 0 Å². The number of hydrogen-bond donors (Lipinski definition) is 1. The third kappa shape index (κ3) is 3.49. The maximum atomic E-state index is 13.6. The summed E-state index contributed by atoms with van der Waals surface area (Å²) in [7, 11) is 4.16. The molecule has 5 rings (SSSR count). The molecule has 2 heterocycles. The minimum atomic E-state index is -0.614. The monoisotopic (exact) mass is 425 g/mol. The van der Waals surface area contributed by atoms with E-state index < -0.39 is 5.41 Å². The van der Waals surface area contributed by atoms with Crippen LogP contribution in [0.4, 0.5) is 11.4 Å². The second-order valence-electron chi connectivity index (χ2n) is 9.27. The number of likely N-dealkylation sites (tertiary alicyclic amines) is 1. The van der Waals surface area contributed by atoms with Crippen LogP contribution in [0.1, 0.15) is 23.1 Å². The number of hydrogen-bond acceptors (Lipinski definition) is 3. The summed E-state index contributed by atoms with van der Waals surface area (Å²) in [6.45, 7) is 2.98. The Bertz CT molecular complexity index is 1110. The fourth-order valence-corrected chi connectivity index (χ4v) is 5.57.